The molecule has 0 bridgehead atoms. The van der Waals surface area contributed by atoms with Gasteiger partial charge < -0.3 is 14.0 Å². The van der Waals surface area contributed by atoms with E-state index in [-0.39, 0.29) is 0 Å². The van der Waals surface area contributed by atoms with Gasteiger partial charge in [0.15, 0.2) is 0 Å². The van der Waals surface area contributed by atoms with Gasteiger partial charge in [0, 0.05) is 30.8 Å². The molecule has 0 spiro atoms. The first-order valence-corrected chi connectivity index (χ1v) is 7.89. The Hall–Kier alpha value is -1.85. The number of rotatable bonds is 8. The molecule has 1 heterocycles. The van der Waals surface area contributed by atoms with Gasteiger partial charge in [0.05, 0.1) is 19.4 Å². The molecule has 0 aliphatic carbocycles. The first-order chi connectivity index (χ1) is 11.0. The molecule has 0 atom stereocenters. The number of methoxy groups -OCH3 is 1. The minimum absolute atomic E-state index is 0.571. The lowest BCUT2D eigenvalue weighted by Crippen LogP contribution is -2.18. The summed E-state index contributed by atoms with van der Waals surface area (Å²) >= 11 is 0. The van der Waals surface area contributed by atoms with Crippen molar-refractivity contribution in [1.82, 2.24) is 10.1 Å². The van der Waals surface area contributed by atoms with Crippen molar-refractivity contribution < 1.29 is 14.0 Å². The maximum Gasteiger partial charge on any atom is 0.138 e. The number of benzene rings is 1. The van der Waals surface area contributed by atoms with Crippen LogP contribution in [0.15, 0.2) is 22.7 Å². The second-order valence-corrected chi connectivity index (χ2v) is 5.76. The van der Waals surface area contributed by atoms with E-state index < -0.39 is 0 Å². The summed E-state index contributed by atoms with van der Waals surface area (Å²) in [6.07, 6.45) is 0. The summed E-state index contributed by atoms with van der Waals surface area (Å²) in [4.78, 5) is 2.25. The molecule has 0 fully saturated rings. The predicted molar refractivity (Wildman–Crippen MR) is 89.5 cm³/mol. The fourth-order valence-electron chi connectivity index (χ4n) is 2.62. The summed E-state index contributed by atoms with van der Waals surface area (Å²) < 4.78 is 16.2. The standard InChI is InChI=1S/C18H26N2O3/c1-6-22-12-16-9-15(7-8-18(16)21-5)10-20(4)11-17-13(2)19-23-14(17)3/h7-9H,6,10-12H2,1-5H3. The van der Waals surface area contributed by atoms with E-state index in [0.29, 0.717) is 13.2 Å². The molecule has 0 radical (unpaired) electrons. The molecule has 23 heavy (non-hydrogen) atoms. The zero-order valence-corrected chi connectivity index (χ0v) is 14.7. The van der Waals surface area contributed by atoms with Crippen molar-refractivity contribution >= 4 is 0 Å². The Bertz CT molecular complexity index is 618. The molecule has 0 amide bonds. The molecule has 2 aromatic rings. The Morgan fingerprint density at radius 3 is 2.61 bits per heavy atom. The molecule has 0 N–H and O–H groups in total. The highest BCUT2D eigenvalue weighted by Crippen LogP contribution is 2.22. The van der Waals surface area contributed by atoms with Crippen LogP contribution >= 0.6 is 0 Å². The molecule has 0 unspecified atom stereocenters. The first-order valence-electron chi connectivity index (χ1n) is 7.89. The molecular weight excluding hydrogens is 292 g/mol. The fraction of sp³-hybridized carbons (Fsp3) is 0.500. The van der Waals surface area contributed by atoms with E-state index in [1.54, 1.807) is 7.11 Å². The van der Waals surface area contributed by atoms with E-state index in [1.165, 1.54) is 5.56 Å². The van der Waals surface area contributed by atoms with Crippen molar-refractivity contribution in [3.8, 4) is 5.75 Å². The minimum atomic E-state index is 0.571. The van der Waals surface area contributed by atoms with Crippen LogP contribution in [-0.4, -0.2) is 30.8 Å². The molecule has 1 aromatic heterocycles. The van der Waals surface area contributed by atoms with Crippen LogP contribution in [0.2, 0.25) is 0 Å². The highest BCUT2D eigenvalue weighted by Gasteiger charge is 2.12. The van der Waals surface area contributed by atoms with Gasteiger partial charge in [0.1, 0.15) is 11.5 Å². The van der Waals surface area contributed by atoms with Crippen LogP contribution in [0, 0.1) is 13.8 Å². The maximum atomic E-state index is 5.52. The minimum Gasteiger partial charge on any atom is -0.496 e. The third-order valence-electron chi connectivity index (χ3n) is 3.87. The summed E-state index contributed by atoms with van der Waals surface area (Å²) in [7, 11) is 3.78. The lowest BCUT2D eigenvalue weighted by Gasteiger charge is -2.18. The second kappa shape index (κ2) is 8.13. The molecule has 5 heteroatoms. The van der Waals surface area contributed by atoms with Crippen LogP contribution < -0.4 is 4.74 Å². The molecule has 126 valence electrons. The second-order valence-electron chi connectivity index (χ2n) is 5.76. The normalized spacial score (nSPS) is 11.2. The Kier molecular flexibility index (Phi) is 6.19. The van der Waals surface area contributed by atoms with Gasteiger partial charge in [-0.05, 0) is 45.5 Å². The average molecular weight is 318 g/mol. The number of aryl methyl sites for hydroxylation is 2. The van der Waals surface area contributed by atoms with Gasteiger partial charge in [-0.25, -0.2) is 0 Å². The van der Waals surface area contributed by atoms with Gasteiger partial charge in [0.25, 0.3) is 0 Å². The van der Waals surface area contributed by atoms with Crippen LogP contribution in [0.1, 0.15) is 35.1 Å². The predicted octanol–water partition coefficient (Wildman–Crippen LogP) is 3.47. The zero-order chi connectivity index (χ0) is 16.8. The van der Waals surface area contributed by atoms with Crippen molar-refractivity contribution in [2.75, 3.05) is 20.8 Å². The summed E-state index contributed by atoms with van der Waals surface area (Å²) in [6, 6.07) is 6.25. The SMILES string of the molecule is CCOCc1cc(CN(C)Cc2c(C)noc2C)ccc1OC. The van der Waals surface area contributed by atoms with Crippen molar-refractivity contribution in [3.05, 3.63) is 46.3 Å². The van der Waals surface area contributed by atoms with Crippen LogP contribution in [0.3, 0.4) is 0 Å². The average Bonchev–Trinajstić information content (AvgIpc) is 2.85. The highest BCUT2D eigenvalue weighted by atomic mass is 16.5. The summed E-state index contributed by atoms with van der Waals surface area (Å²) in [5.74, 6) is 1.76. The van der Waals surface area contributed by atoms with Crippen LogP contribution in [0.25, 0.3) is 0 Å². The van der Waals surface area contributed by atoms with E-state index in [0.717, 1.165) is 41.4 Å². The Morgan fingerprint density at radius 1 is 1.22 bits per heavy atom. The highest BCUT2D eigenvalue weighted by molar-refractivity contribution is 5.37. The van der Waals surface area contributed by atoms with E-state index in [9.17, 15) is 0 Å². The topological polar surface area (TPSA) is 47.7 Å². The van der Waals surface area contributed by atoms with Crippen LogP contribution in [0.5, 0.6) is 5.75 Å². The van der Waals surface area contributed by atoms with E-state index >= 15 is 0 Å². The molecule has 5 nitrogen and oxygen atoms in total. The van der Waals surface area contributed by atoms with E-state index in [1.807, 2.05) is 26.8 Å². The van der Waals surface area contributed by atoms with E-state index in [2.05, 4.69) is 29.2 Å². The lowest BCUT2D eigenvalue weighted by molar-refractivity contribution is 0.132. The van der Waals surface area contributed by atoms with Gasteiger partial charge in [-0.3, -0.25) is 4.90 Å². The molecule has 0 saturated heterocycles. The largest absolute Gasteiger partial charge is 0.496 e. The third-order valence-corrected chi connectivity index (χ3v) is 3.87. The maximum absolute atomic E-state index is 5.52. The molecular formula is C18H26N2O3. The Labute approximate surface area is 138 Å². The van der Waals surface area contributed by atoms with E-state index in [4.69, 9.17) is 14.0 Å². The number of hydrogen-bond acceptors (Lipinski definition) is 5. The number of ether oxygens (including phenoxy) is 2. The van der Waals surface area contributed by atoms with Crippen molar-refractivity contribution in [2.24, 2.45) is 0 Å². The smallest absolute Gasteiger partial charge is 0.138 e. The number of hydrogen-bond donors (Lipinski definition) is 0. The summed E-state index contributed by atoms with van der Waals surface area (Å²) in [5, 5.41) is 4.01. The molecule has 1 aromatic carbocycles. The third kappa shape index (κ3) is 4.56. The Morgan fingerprint density at radius 2 is 2.00 bits per heavy atom. The van der Waals surface area contributed by atoms with Gasteiger partial charge in [0.2, 0.25) is 0 Å². The number of nitrogens with zero attached hydrogens (tertiary/aromatic N) is 2. The van der Waals surface area contributed by atoms with Gasteiger partial charge in [-0.15, -0.1) is 0 Å². The van der Waals surface area contributed by atoms with Crippen molar-refractivity contribution in [3.63, 3.8) is 0 Å². The fourth-order valence-corrected chi connectivity index (χ4v) is 2.62. The van der Waals surface area contributed by atoms with Crippen LogP contribution in [0.4, 0.5) is 0 Å². The lowest BCUT2D eigenvalue weighted by atomic mass is 10.1. The molecule has 0 saturated carbocycles. The molecule has 0 aliphatic rings. The quantitative estimate of drug-likeness (QED) is 0.746. The summed E-state index contributed by atoms with van der Waals surface area (Å²) in [6.45, 7) is 8.85. The van der Waals surface area contributed by atoms with Crippen LogP contribution in [-0.2, 0) is 24.4 Å². The van der Waals surface area contributed by atoms with Crippen molar-refractivity contribution in [1.29, 1.82) is 0 Å². The summed E-state index contributed by atoms with van der Waals surface area (Å²) in [5.41, 5.74) is 4.43. The van der Waals surface area contributed by atoms with Crippen molar-refractivity contribution in [2.45, 2.75) is 40.5 Å². The number of aromatic nitrogens is 1. The first kappa shape index (κ1) is 17.5. The molecule has 0 aliphatic heterocycles. The Balaban J connectivity index is 2.06. The van der Waals surface area contributed by atoms with Gasteiger partial charge in [-0.2, -0.15) is 0 Å². The van der Waals surface area contributed by atoms with Gasteiger partial charge >= 0.3 is 0 Å². The zero-order valence-electron chi connectivity index (χ0n) is 14.7. The molecule has 2 rings (SSSR count). The van der Waals surface area contributed by atoms with Gasteiger partial charge in [-0.1, -0.05) is 11.2 Å². The monoisotopic (exact) mass is 318 g/mol.